The van der Waals surface area contributed by atoms with Crippen LogP contribution in [0.15, 0.2) is 59.4 Å². The van der Waals surface area contributed by atoms with E-state index in [2.05, 4.69) is 18.5 Å². The molecule has 3 aliphatic carbocycles. The molecular weight excluding hydrogens is 502 g/mol. The van der Waals surface area contributed by atoms with Gasteiger partial charge in [0, 0.05) is 43.7 Å². The van der Waals surface area contributed by atoms with E-state index in [4.69, 9.17) is 14.2 Å². The highest BCUT2D eigenvalue weighted by Crippen LogP contribution is 2.63. The summed E-state index contributed by atoms with van der Waals surface area (Å²) in [6, 6.07) is 0. The highest BCUT2D eigenvalue weighted by molar-refractivity contribution is 6.13. The van der Waals surface area contributed by atoms with E-state index in [0.717, 1.165) is 13.1 Å². The Morgan fingerprint density at radius 2 is 1.85 bits per heavy atom. The van der Waals surface area contributed by atoms with E-state index in [-0.39, 0.29) is 23.7 Å². The van der Waals surface area contributed by atoms with Crippen molar-refractivity contribution in [3.8, 4) is 0 Å². The van der Waals surface area contributed by atoms with Gasteiger partial charge in [0.15, 0.2) is 5.76 Å². The fraction of sp³-hybridized carbons (Fsp3) is 0.567. The van der Waals surface area contributed by atoms with Crippen molar-refractivity contribution in [1.82, 2.24) is 5.32 Å². The van der Waals surface area contributed by atoms with Crippen LogP contribution in [0.25, 0.3) is 0 Å². The van der Waals surface area contributed by atoms with Crippen LogP contribution in [0.3, 0.4) is 0 Å². The monoisotopic (exact) mass is 543 g/mol. The minimum Gasteiger partial charge on any atom is -0.504 e. The first kappa shape index (κ1) is 30.5. The summed E-state index contributed by atoms with van der Waals surface area (Å²) < 4.78 is 16.8. The third kappa shape index (κ3) is 5.15. The molecular formula is C30H41NO8. The van der Waals surface area contributed by atoms with Gasteiger partial charge >= 0.3 is 11.9 Å². The molecule has 1 heterocycles. The second-order valence-corrected chi connectivity index (χ2v) is 10.8. The van der Waals surface area contributed by atoms with E-state index < -0.39 is 52.6 Å². The molecule has 39 heavy (non-hydrogen) atoms. The zero-order valence-corrected chi connectivity index (χ0v) is 23.5. The topological polar surface area (TPSA) is 131 Å². The number of fused-ring (bicyclic) bond motifs is 4. The number of ether oxygens (including phenoxy) is 3. The van der Waals surface area contributed by atoms with Crippen molar-refractivity contribution < 1.29 is 38.8 Å². The predicted molar refractivity (Wildman–Crippen MR) is 146 cm³/mol. The van der Waals surface area contributed by atoms with E-state index >= 15 is 0 Å². The Bertz CT molecular complexity index is 1130. The van der Waals surface area contributed by atoms with Crippen LogP contribution in [0.1, 0.15) is 47.0 Å². The molecule has 0 aromatic carbocycles. The standard InChI is InChI=1S/C24H30O8.C6H11N/c1-6-12-18-21(28)20(27)17-13-7-8-15(26)23(13,3)9-14(31-11(2)25)19(17)24(18,4)16(10-30-5)32-22(12)29;1-3-5-7-6-4-2/h6,13-16,26,28H,7-10H2,1-5H3;3-4,7H,1-2,5-6H2/b12-6+;. The summed E-state index contributed by atoms with van der Waals surface area (Å²) in [7, 11) is 1.48. The van der Waals surface area contributed by atoms with Gasteiger partial charge < -0.3 is 29.7 Å². The van der Waals surface area contributed by atoms with E-state index in [1.165, 1.54) is 20.1 Å². The molecule has 4 aliphatic rings. The number of nitrogens with one attached hydrogen (secondary N) is 1. The smallest absolute Gasteiger partial charge is 0.338 e. The van der Waals surface area contributed by atoms with Crippen molar-refractivity contribution in [3.05, 3.63) is 59.4 Å². The SMILES string of the molecule is C/C=C1/C(=O)OC(COC)C2(C)C1=C(O)C(=O)C1=C2C(OC(C)=O)CC2(C)C(O)CCC12.C=CCNCC=C. The molecule has 3 N–H and O–H groups in total. The highest BCUT2D eigenvalue weighted by atomic mass is 16.6. The maximum atomic E-state index is 13.6. The van der Waals surface area contributed by atoms with Gasteiger partial charge in [-0.3, -0.25) is 9.59 Å². The first-order chi connectivity index (χ1) is 18.4. The molecule has 1 saturated heterocycles. The molecule has 214 valence electrons. The Hall–Kier alpha value is -3.01. The predicted octanol–water partition coefficient (Wildman–Crippen LogP) is 3.26. The molecule has 6 atom stereocenters. The Kier molecular flexibility index (Phi) is 9.41. The molecule has 0 radical (unpaired) electrons. The fourth-order valence-corrected chi connectivity index (χ4v) is 6.70. The number of ketones is 1. The zero-order valence-electron chi connectivity index (χ0n) is 23.5. The summed E-state index contributed by atoms with van der Waals surface area (Å²) in [5.74, 6) is -2.56. The van der Waals surface area contributed by atoms with Gasteiger partial charge in [0.1, 0.15) is 12.2 Å². The average molecular weight is 544 g/mol. The van der Waals surface area contributed by atoms with Crippen LogP contribution in [0.2, 0.25) is 0 Å². The summed E-state index contributed by atoms with van der Waals surface area (Å²) in [6.07, 6.45) is 4.23. The van der Waals surface area contributed by atoms with Crippen LogP contribution < -0.4 is 5.32 Å². The minimum absolute atomic E-state index is 0.0261. The normalized spacial score (nSPS) is 34.4. The zero-order chi connectivity index (χ0) is 29.1. The second kappa shape index (κ2) is 12.0. The second-order valence-electron chi connectivity index (χ2n) is 10.8. The molecule has 2 fully saturated rings. The number of rotatable bonds is 7. The van der Waals surface area contributed by atoms with Crippen molar-refractivity contribution in [3.63, 3.8) is 0 Å². The number of hydrogen-bond donors (Lipinski definition) is 3. The Labute approximate surface area is 230 Å². The van der Waals surface area contributed by atoms with Crippen LogP contribution in [0, 0.1) is 16.7 Å². The maximum Gasteiger partial charge on any atom is 0.338 e. The van der Waals surface area contributed by atoms with Gasteiger partial charge in [0.25, 0.3) is 0 Å². The Morgan fingerprint density at radius 1 is 1.21 bits per heavy atom. The Morgan fingerprint density at radius 3 is 2.38 bits per heavy atom. The first-order valence-electron chi connectivity index (χ1n) is 13.3. The van der Waals surface area contributed by atoms with E-state index in [1.807, 2.05) is 19.1 Å². The van der Waals surface area contributed by atoms with Crippen molar-refractivity contribution in [2.75, 3.05) is 26.8 Å². The molecule has 4 rings (SSSR count). The third-order valence-electron chi connectivity index (χ3n) is 8.52. The van der Waals surface area contributed by atoms with E-state index in [0.29, 0.717) is 30.4 Å². The summed E-state index contributed by atoms with van der Waals surface area (Å²) in [6.45, 7) is 15.5. The van der Waals surface area contributed by atoms with Crippen molar-refractivity contribution in [2.45, 2.75) is 65.3 Å². The van der Waals surface area contributed by atoms with Gasteiger partial charge in [0.05, 0.1) is 23.7 Å². The maximum absolute atomic E-state index is 13.6. The third-order valence-corrected chi connectivity index (χ3v) is 8.52. The van der Waals surface area contributed by atoms with Crippen LogP contribution in [-0.4, -0.2) is 73.1 Å². The van der Waals surface area contributed by atoms with E-state index in [9.17, 15) is 24.6 Å². The van der Waals surface area contributed by atoms with Gasteiger partial charge in [-0.1, -0.05) is 25.2 Å². The van der Waals surface area contributed by atoms with Gasteiger partial charge in [-0.2, -0.15) is 0 Å². The number of esters is 2. The van der Waals surface area contributed by atoms with Crippen molar-refractivity contribution in [1.29, 1.82) is 0 Å². The van der Waals surface area contributed by atoms with Crippen LogP contribution >= 0.6 is 0 Å². The van der Waals surface area contributed by atoms with Crippen molar-refractivity contribution >= 4 is 17.7 Å². The minimum atomic E-state index is -1.14. The van der Waals surface area contributed by atoms with Crippen LogP contribution in [-0.2, 0) is 28.6 Å². The summed E-state index contributed by atoms with van der Waals surface area (Å²) in [4.78, 5) is 38.4. The van der Waals surface area contributed by atoms with Crippen LogP contribution in [0.4, 0.5) is 0 Å². The Balaban J connectivity index is 0.000000532. The molecule has 1 saturated carbocycles. The number of methoxy groups -OCH3 is 1. The molecule has 0 spiro atoms. The van der Waals surface area contributed by atoms with E-state index in [1.54, 1.807) is 13.8 Å². The summed E-state index contributed by atoms with van der Waals surface area (Å²) in [5.41, 5.74) is -0.640. The molecule has 9 nitrogen and oxygen atoms in total. The van der Waals surface area contributed by atoms with Gasteiger partial charge in [-0.25, -0.2) is 4.79 Å². The van der Waals surface area contributed by atoms with Gasteiger partial charge in [-0.05, 0) is 44.6 Å². The number of hydrogen-bond acceptors (Lipinski definition) is 9. The molecule has 6 unspecified atom stereocenters. The number of carbonyl (C=O) groups excluding carboxylic acids is 3. The lowest BCUT2D eigenvalue weighted by molar-refractivity contribution is -0.160. The largest absolute Gasteiger partial charge is 0.504 e. The molecule has 9 heteroatoms. The molecule has 0 amide bonds. The summed E-state index contributed by atoms with van der Waals surface area (Å²) >= 11 is 0. The lowest BCUT2D eigenvalue weighted by Crippen LogP contribution is -2.57. The lowest BCUT2D eigenvalue weighted by atomic mass is 9.53. The highest BCUT2D eigenvalue weighted by Gasteiger charge is 2.64. The molecule has 0 aromatic rings. The summed E-state index contributed by atoms with van der Waals surface area (Å²) in [5, 5.41) is 25.0. The number of aliphatic hydroxyl groups is 2. The average Bonchev–Trinajstić information content (AvgIpc) is 3.17. The molecule has 1 aliphatic heterocycles. The van der Waals surface area contributed by atoms with Gasteiger partial charge in [0.2, 0.25) is 5.78 Å². The number of Topliss-reactive ketones (excluding diaryl/α,β-unsaturated/α-hetero) is 1. The van der Waals surface area contributed by atoms with Crippen molar-refractivity contribution in [2.24, 2.45) is 16.7 Å². The molecule has 0 bridgehead atoms. The van der Waals surface area contributed by atoms with Crippen LogP contribution in [0.5, 0.6) is 0 Å². The lowest BCUT2D eigenvalue weighted by Gasteiger charge is -2.54. The molecule has 0 aromatic heterocycles. The first-order valence-corrected chi connectivity index (χ1v) is 13.3. The number of aliphatic hydroxyl groups excluding tert-OH is 2. The number of cyclic esters (lactones) is 1. The quantitative estimate of drug-likeness (QED) is 0.192. The number of carbonyl (C=O) groups is 3. The van der Waals surface area contributed by atoms with Gasteiger partial charge in [-0.15, -0.1) is 13.2 Å². The number of allylic oxidation sites excluding steroid dienone is 2. The fourth-order valence-electron chi connectivity index (χ4n) is 6.70.